The van der Waals surface area contributed by atoms with Gasteiger partial charge >= 0.3 is 5.69 Å². The molecule has 1 fully saturated rings. The Labute approximate surface area is 90.4 Å². The van der Waals surface area contributed by atoms with Gasteiger partial charge in [0.05, 0.1) is 4.92 Å². The van der Waals surface area contributed by atoms with Gasteiger partial charge in [-0.3, -0.25) is 14.9 Å². The zero-order valence-corrected chi connectivity index (χ0v) is 8.27. The van der Waals surface area contributed by atoms with Crippen LogP contribution in [0.25, 0.3) is 0 Å². The molecule has 0 spiro atoms. The lowest BCUT2D eigenvalue weighted by Gasteiger charge is -2.03. The minimum absolute atomic E-state index is 0.106. The van der Waals surface area contributed by atoms with Gasteiger partial charge in [-0.25, -0.2) is 0 Å². The van der Waals surface area contributed by atoms with E-state index >= 15 is 0 Å². The smallest absolute Gasteiger partial charge is 0.304 e. The van der Waals surface area contributed by atoms with Crippen molar-refractivity contribution in [3.8, 4) is 0 Å². The van der Waals surface area contributed by atoms with Gasteiger partial charge in [0.25, 0.3) is 5.91 Å². The van der Waals surface area contributed by atoms with Gasteiger partial charge in [-0.05, 0) is 25.0 Å². The van der Waals surface area contributed by atoms with Crippen LogP contribution < -0.4 is 5.32 Å². The van der Waals surface area contributed by atoms with Crippen molar-refractivity contribution in [2.75, 3.05) is 0 Å². The highest BCUT2D eigenvalue weighted by atomic mass is 19.1. The van der Waals surface area contributed by atoms with Crippen molar-refractivity contribution in [1.29, 1.82) is 0 Å². The lowest BCUT2D eigenvalue weighted by Crippen LogP contribution is -2.25. The zero-order valence-electron chi connectivity index (χ0n) is 8.27. The number of benzene rings is 1. The Balaban J connectivity index is 2.19. The molecule has 1 aliphatic carbocycles. The topological polar surface area (TPSA) is 72.2 Å². The summed E-state index contributed by atoms with van der Waals surface area (Å²) in [6.07, 6.45) is 1.86. The van der Waals surface area contributed by atoms with Crippen LogP contribution in [0.15, 0.2) is 18.2 Å². The molecule has 0 bridgehead atoms. The second-order valence-corrected chi connectivity index (χ2v) is 3.67. The molecule has 0 atom stereocenters. The summed E-state index contributed by atoms with van der Waals surface area (Å²) in [5, 5.41) is 13.0. The SMILES string of the molecule is O=C(NC1CC1)c1ccc([N+](=O)[O-])c(F)c1. The fourth-order valence-corrected chi connectivity index (χ4v) is 1.29. The van der Waals surface area contributed by atoms with Crippen LogP contribution >= 0.6 is 0 Å². The van der Waals surface area contributed by atoms with E-state index in [0.29, 0.717) is 0 Å². The maximum Gasteiger partial charge on any atom is 0.304 e. The Morgan fingerprint density at radius 1 is 1.50 bits per heavy atom. The fraction of sp³-hybridized carbons (Fsp3) is 0.300. The van der Waals surface area contributed by atoms with Crippen LogP contribution in [0.1, 0.15) is 23.2 Å². The molecule has 0 saturated heterocycles. The third-order valence-corrected chi connectivity index (χ3v) is 2.32. The van der Waals surface area contributed by atoms with E-state index in [-0.39, 0.29) is 11.6 Å². The van der Waals surface area contributed by atoms with Crippen LogP contribution in [-0.4, -0.2) is 16.9 Å². The molecule has 2 rings (SSSR count). The molecule has 1 saturated carbocycles. The Morgan fingerprint density at radius 2 is 2.19 bits per heavy atom. The lowest BCUT2D eigenvalue weighted by molar-refractivity contribution is -0.387. The molecule has 1 aromatic carbocycles. The van der Waals surface area contributed by atoms with Crippen molar-refractivity contribution in [2.24, 2.45) is 0 Å². The second kappa shape index (κ2) is 3.88. The van der Waals surface area contributed by atoms with Crippen LogP contribution in [0.5, 0.6) is 0 Å². The highest BCUT2D eigenvalue weighted by molar-refractivity contribution is 5.94. The Kier molecular flexibility index (Phi) is 2.55. The summed E-state index contributed by atoms with van der Waals surface area (Å²) in [5.74, 6) is -1.38. The number of nitrogens with zero attached hydrogens (tertiary/aromatic N) is 1. The van der Waals surface area contributed by atoms with E-state index in [1.54, 1.807) is 0 Å². The maximum atomic E-state index is 13.2. The van der Waals surface area contributed by atoms with Crippen LogP contribution in [0.2, 0.25) is 0 Å². The minimum Gasteiger partial charge on any atom is -0.349 e. The summed E-state index contributed by atoms with van der Waals surface area (Å²) in [5.41, 5.74) is -0.516. The number of nitro benzene ring substituents is 1. The average molecular weight is 224 g/mol. The van der Waals surface area contributed by atoms with E-state index in [1.165, 1.54) is 6.07 Å². The molecule has 84 valence electrons. The van der Waals surface area contributed by atoms with Gasteiger partial charge in [0.2, 0.25) is 5.82 Å². The van der Waals surface area contributed by atoms with E-state index in [0.717, 1.165) is 25.0 Å². The van der Waals surface area contributed by atoms with Gasteiger partial charge in [-0.1, -0.05) is 0 Å². The minimum atomic E-state index is -0.992. The molecular weight excluding hydrogens is 215 g/mol. The molecule has 1 N–H and O–H groups in total. The summed E-state index contributed by atoms with van der Waals surface area (Å²) < 4.78 is 13.2. The van der Waals surface area contributed by atoms with Crippen molar-refractivity contribution in [3.63, 3.8) is 0 Å². The number of nitrogens with one attached hydrogen (secondary N) is 1. The maximum absolute atomic E-state index is 13.2. The summed E-state index contributed by atoms with van der Waals surface area (Å²) in [6.45, 7) is 0. The first-order chi connectivity index (χ1) is 7.58. The number of halogens is 1. The Hall–Kier alpha value is -1.98. The van der Waals surface area contributed by atoms with Crippen molar-refractivity contribution < 1.29 is 14.1 Å². The molecule has 1 amide bonds. The third kappa shape index (κ3) is 2.16. The van der Waals surface area contributed by atoms with Crippen molar-refractivity contribution in [1.82, 2.24) is 5.32 Å². The summed E-state index contributed by atoms with van der Waals surface area (Å²) in [6, 6.07) is 3.30. The van der Waals surface area contributed by atoms with Crippen LogP contribution in [0, 0.1) is 15.9 Å². The van der Waals surface area contributed by atoms with Gasteiger partial charge in [-0.2, -0.15) is 4.39 Å². The number of nitro groups is 1. The van der Waals surface area contributed by atoms with Gasteiger partial charge in [0.1, 0.15) is 0 Å². The highest BCUT2D eigenvalue weighted by Crippen LogP contribution is 2.21. The normalized spacial score (nSPS) is 14.6. The number of carbonyl (C=O) groups is 1. The first kappa shape index (κ1) is 10.5. The fourth-order valence-electron chi connectivity index (χ4n) is 1.29. The average Bonchev–Trinajstić information content (AvgIpc) is 3.00. The molecule has 6 heteroatoms. The van der Waals surface area contributed by atoms with Gasteiger partial charge in [0, 0.05) is 17.7 Å². The molecule has 0 radical (unpaired) electrons. The first-order valence-electron chi connectivity index (χ1n) is 4.83. The summed E-state index contributed by atoms with van der Waals surface area (Å²) in [7, 11) is 0. The number of amides is 1. The highest BCUT2D eigenvalue weighted by Gasteiger charge is 2.24. The molecule has 0 aliphatic heterocycles. The van der Waals surface area contributed by atoms with E-state index < -0.39 is 22.3 Å². The predicted molar refractivity (Wildman–Crippen MR) is 53.5 cm³/mol. The lowest BCUT2D eigenvalue weighted by atomic mass is 10.2. The van der Waals surface area contributed by atoms with E-state index in [9.17, 15) is 19.3 Å². The monoisotopic (exact) mass is 224 g/mol. The van der Waals surface area contributed by atoms with E-state index in [2.05, 4.69) is 5.32 Å². The Bertz CT molecular complexity index is 457. The van der Waals surface area contributed by atoms with Crippen molar-refractivity contribution in [3.05, 3.63) is 39.7 Å². The molecule has 0 unspecified atom stereocenters. The van der Waals surface area contributed by atoms with Gasteiger partial charge < -0.3 is 5.32 Å². The third-order valence-electron chi connectivity index (χ3n) is 2.32. The summed E-state index contributed by atoms with van der Waals surface area (Å²) in [4.78, 5) is 21.0. The molecule has 0 aromatic heterocycles. The van der Waals surface area contributed by atoms with Crippen molar-refractivity contribution in [2.45, 2.75) is 18.9 Å². The molecule has 16 heavy (non-hydrogen) atoms. The number of carbonyl (C=O) groups excluding carboxylic acids is 1. The quantitative estimate of drug-likeness (QED) is 0.626. The van der Waals surface area contributed by atoms with Gasteiger partial charge in [-0.15, -0.1) is 0 Å². The number of hydrogen-bond acceptors (Lipinski definition) is 3. The van der Waals surface area contributed by atoms with Gasteiger partial charge in [0.15, 0.2) is 0 Å². The molecular formula is C10H9FN2O3. The zero-order chi connectivity index (χ0) is 11.7. The first-order valence-corrected chi connectivity index (χ1v) is 4.83. The van der Waals surface area contributed by atoms with E-state index in [1.807, 2.05) is 0 Å². The van der Waals surface area contributed by atoms with E-state index in [4.69, 9.17) is 0 Å². The van der Waals surface area contributed by atoms with Crippen LogP contribution in [0.3, 0.4) is 0 Å². The second-order valence-electron chi connectivity index (χ2n) is 3.67. The summed E-state index contributed by atoms with van der Waals surface area (Å²) >= 11 is 0. The Morgan fingerprint density at radius 3 is 2.69 bits per heavy atom. The largest absolute Gasteiger partial charge is 0.349 e. The standard InChI is InChI=1S/C10H9FN2O3/c11-8-5-6(1-4-9(8)13(15)16)10(14)12-7-2-3-7/h1,4-5,7H,2-3H2,(H,12,14). The predicted octanol–water partition coefficient (Wildman–Crippen LogP) is 1.63. The number of rotatable bonds is 3. The molecule has 1 aromatic rings. The van der Waals surface area contributed by atoms with Crippen molar-refractivity contribution >= 4 is 11.6 Å². The van der Waals surface area contributed by atoms with Crippen LogP contribution in [-0.2, 0) is 0 Å². The number of hydrogen-bond donors (Lipinski definition) is 1. The van der Waals surface area contributed by atoms with Crippen LogP contribution in [0.4, 0.5) is 10.1 Å². The molecule has 1 aliphatic rings. The molecule has 5 nitrogen and oxygen atoms in total. The molecule has 0 heterocycles.